The highest BCUT2D eigenvalue weighted by molar-refractivity contribution is 5.83. The summed E-state index contributed by atoms with van der Waals surface area (Å²) < 4.78 is 0. The van der Waals surface area contributed by atoms with Gasteiger partial charge in [0.05, 0.1) is 0 Å². The summed E-state index contributed by atoms with van der Waals surface area (Å²) in [5, 5.41) is 0. The number of nitrogens with zero attached hydrogens (tertiary/aromatic N) is 2. The predicted octanol–water partition coefficient (Wildman–Crippen LogP) is 4.14. The van der Waals surface area contributed by atoms with Crippen LogP contribution in [0.1, 0.15) is 58.4 Å². The van der Waals surface area contributed by atoms with Crippen LogP contribution in [0.25, 0.3) is 0 Å². The molecule has 2 aliphatic rings. The van der Waals surface area contributed by atoms with Crippen LogP contribution in [0.15, 0.2) is 30.3 Å². The third-order valence-corrected chi connectivity index (χ3v) is 6.86. The van der Waals surface area contributed by atoms with E-state index in [1.165, 1.54) is 5.56 Å². The fraction of sp³-hybridized carbons (Fsp3) is 0.667. The van der Waals surface area contributed by atoms with E-state index >= 15 is 0 Å². The smallest absolute Gasteiger partial charge is 0.228 e. The highest BCUT2D eigenvalue weighted by atomic mass is 16.2. The summed E-state index contributed by atoms with van der Waals surface area (Å²) in [6.07, 6.45) is 6.02. The number of carbonyl (C=O) groups excluding carboxylic acids is 2. The molecular weight excluding hydrogens is 348 g/mol. The van der Waals surface area contributed by atoms with Crippen molar-refractivity contribution in [3.63, 3.8) is 0 Å². The lowest BCUT2D eigenvalue weighted by molar-refractivity contribution is -0.146. The van der Waals surface area contributed by atoms with E-state index < -0.39 is 0 Å². The molecule has 2 aliphatic heterocycles. The number of benzene rings is 1. The van der Waals surface area contributed by atoms with Crippen molar-refractivity contribution in [2.24, 2.45) is 17.3 Å². The average Bonchev–Trinajstić information content (AvgIpc) is 2.86. The van der Waals surface area contributed by atoms with Gasteiger partial charge >= 0.3 is 0 Å². The van der Waals surface area contributed by atoms with Crippen LogP contribution in [-0.2, 0) is 16.0 Å². The number of piperidine rings is 1. The minimum absolute atomic E-state index is 0.0557. The van der Waals surface area contributed by atoms with Crippen molar-refractivity contribution in [1.29, 1.82) is 0 Å². The Balaban J connectivity index is 1.64. The number of carbonyl (C=O) groups is 2. The number of amides is 2. The topological polar surface area (TPSA) is 40.6 Å². The molecule has 4 nitrogen and oxygen atoms in total. The molecule has 1 atom stereocenters. The summed E-state index contributed by atoms with van der Waals surface area (Å²) >= 11 is 0. The zero-order valence-corrected chi connectivity index (χ0v) is 17.8. The lowest BCUT2D eigenvalue weighted by Gasteiger charge is -2.43. The molecule has 4 heteroatoms. The van der Waals surface area contributed by atoms with Crippen LogP contribution >= 0.6 is 0 Å². The van der Waals surface area contributed by atoms with Crippen LogP contribution < -0.4 is 0 Å². The van der Waals surface area contributed by atoms with Crippen molar-refractivity contribution < 1.29 is 9.59 Å². The molecule has 0 N–H and O–H groups in total. The summed E-state index contributed by atoms with van der Waals surface area (Å²) in [6.45, 7) is 9.42. The molecule has 1 aromatic rings. The summed E-state index contributed by atoms with van der Waals surface area (Å²) in [4.78, 5) is 30.0. The van der Waals surface area contributed by atoms with Crippen LogP contribution in [0.5, 0.6) is 0 Å². The first-order chi connectivity index (χ1) is 13.4. The van der Waals surface area contributed by atoms with E-state index in [9.17, 15) is 9.59 Å². The highest BCUT2D eigenvalue weighted by Gasteiger charge is 2.45. The molecular formula is C24H36N2O2. The highest BCUT2D eigenvalue weighted by Crippen LogP contribution is 2.42. The van der Waals surface area contributed by atoms with E-state index in [0.29, 0.717) is 11.8 Å². The maximum Gasteiger partial charge on any atom is 0.228 e. The van der Waals surface area contributed by atoms with Crippen molar-refractivity contribution in [2.75, 3.05) is 26.2 Å². The molecule has 28 heavy (non-hydrogen) atoms. The maximum absolute atomic E-state index is 13.6. The Morgan fingerprint density at radius 2 is 1.79 bits per heavy atom. The maximum atomic E-state index is 13.6. The van der Waals surface area contributed by atoms with Gasteiger partial charge in [-0.3, -0.25) is 9.59 Å². The SMILES string of the molecule is CC(C)C(=O)N1CCC([C@@]2(C)CCCCN(CCc3ccccc3)C2=O)CC1. The van der Waals surface area contributed by atoms with E-state index in [-0.39, 0.29) is 17.2 Å². The Morgan fingerprint density at radius 3 is 2.43 bits per heavy atom. The minimum Gasteiger partial charge on any atom is -0.342 e. The molecule has 3 rings (SSSR count). The van der Waals surface area contributed by atoms with Crippen LogP contribution in [-0.4, -0.2) is 47.8 Å². The zero-order chi connectivity index (χ0) is 20.1. The first-order valence-electron chi connectivity index (χ1n) is 11.0. The Labute approximate surface area is 170 Å². The van der Waals surface area contributed by atoms with Gasteiger partial charge in [-0.2, -0.15) is 0 Å². The van der Waals surface area contributed by atoms with Gasteiger partial charge < -0.3 is 9.80 Å². The summed E-state index contributed by atoms with van der Waals surface area (Å²) in [5.74, 6) is 1.03. The molecule has 0 bridgehead atoms. The monoisotopic (exact) mass is 384 g/mol. The Hall–Kier alpha value is -1.84. The van der Waals surface area contributed by atoms with Gasteiger partial charge in [0.15, 0.2) is 0 Å². The third kappa shape index (κ3) is 4.59. The van der Waals surface area contributed by atoms with Crippen LogP contribution in [0.4, 0.5) is 0 Å². The van der Waals surface area contributed by atoms with E-state index in [1.54, 1.807) is 0 Å². The summed E-state index contributed by atoms with van der Waals surface area (Å²) in [5.41, 5.74) is 1.02. The molecule has 0 aromatic heterocycles. The molecule has 2 saturated heterocycles. The van der Waals surface area contributed by atoms with Gasteiger partial charge in [-0.05, 0) is 43.6 Å². The van der Waals surface area contributed by atoms with Gasteiger partial charge in [0.2, 0.25) is 11.8 Å². The third-order valence-electron chi connectivity index (χ3n) is 6.86. The molecule has 2 amide bonds. The zero-order valence-electron chi connectivity index (χ0n) is 17.8. The van der Waals surface area contributed by atoms with Crippen molar-refractivity contribution in [3.8, 4) is 0 Å². The lowest BCUT2D eigenvalue weighted by atomic mass is 9.69. The summed E-state index contributed by atoms with van der Waals surface area (Å²) in [7, 11) is 0. The Bertz CT molecular complexity index is 664. The Morgan fingerprint density at radius 1 is 1.11 bits per heavy atom. The largest absolute Gasteiger partial charge is 0.342 e. The minimum atomic E-state index is -0.278. The van der Waals surface area contributed by atoms with Crippen LogP contribution in [0.3, 0.4) is 0 Å². The van der Waals surface area contributed by atoms with Gasteiger partial charge in [0.25, 0.3) is 0 Å². The van der Waals surface area contributed by atoms with Gasteiger partial charge in [0, 0.05) is 37.5 Å². The molecule has 0 aliphatic carbocycles. The average molecular weight is 385 g/mol. The molecule has 0 saturated carbocycles. The van der Waals surface area contributed by atoms with Gasteiger partial charge in [-0.1, -0.05) is 57.5 Å². The first kappa shape index (κ1) is 20.9. The second kappa shape index (κ2) is 9.11. The van der Waals surface area contributed by atoms with Crippen molar-refractivity contribution in [1.82, 2.24) is 9.80 Å². The van der Waals surface area contributed by atoms with Crippen LogP contribution in [0, 0.1) is 17.3 Å². The van der Waals surface area contributed by atoms with Crippen molar-refractivity contribution >= 4 is 11.8 Å². The lowest BCUT2D eigenvalue weighted by Crippen LogP contribution is -2.50. The molecule has 0 unspecified atom stereocenters. The second-order valence-electron chi connectivity index (χ2n) is 9.16. The molecule has 1 aromatic carbocycles. The van der Waals surface area contributed by atoms with Gasteiger partial charge in [-0.15, -0.1) is 0 Å². The normalized spacial score (nSPS) is 24.5. The van der Waals surface area contributed by atoms with Crippen molar-refractivity contribution in [3.05, 3.63) is 35.9 Å². The second-order valence-corrected chi connectivity index (χ2v) is 9.16. The Kier molecular flexibility index (Phi) is 6.79. The number of hydrogen-bond acceptors (Lipinski definition) is 2. The van der Waals surface area contributed by atoms with Gasteiger partial charge in [-0.25, -0.2) is 0 Å². The van der Waals surface area contributed by atoms with E-state index in [2.05, 4.69) is 36.1 Å². The van der Waals surface area contributed by atoms with E-state index in [4.69, 9.17) is 0 Å². The molecule has 154 valence electrons. The standard InChI is InChI=1S/C24H36N2O2/c1-19(2)22(27)25-17-12-21(13-18-25)24(3)14-7-8-15-26(23(24)28)16-11-20-9-5-4-6-10-20/h4-6,9-10,19,21H,7-8,11-18H2,1-3H3/t24-/m1/s1. The molecule has 2 heterocycles. The summed E-state index contributed by atoms with van der Waals surface area (Å²) in [6, 6.07) is 10.5. The number of hydrogen-bond donors (Lipinski definition) is 0. The first-order valence-corrected chi connectivity index (χ1v) is 11.0. The molecule has 0 radical (unpaired) electrons. The van der Waals surface area contributed by atoms with Crippen LogP contribution in [0.2, 0.25) is 0 Å². The fourth-order valence-corrected chi connectivity index (χ4v) is 4.97. The molecule has 0 spiro atoms. The van der Waals surface area contributed by atoms with Crippen molar-refractivity contribution in [2.45, 2.75) is 59.3 Å². The van der Waals surface area contributed by atoms with Gasteiger partial charge in [0.1, 0.15) is 0 Å². The van der Waals surface area contributed by atoms with E-state index in [0.717, 1.165) is 64.7 Å². The number of rotatable bonds is 5. The quantitative estimate of drug-likeness (QED) is 0.765. The molecule has 2 fully saturated rings. The predicted molar refractivity (Wildman–Crippen MR) is 113 cm³/mol. The van der Waals surface area contributed by atoms with E-state index in [1.807, 2.05) is 24.8 Å². The number of likely N-dealkylation sites (tertiary alicyclic amines) is 2. The fourth-order valence-electron chi connectivity index (χ4n) is 4.97.